The fourth-order valence-corrected chi connectivity index (χ4v) is 4.13. The second kappa shape index (κ2) is 12.5. The number of esters is 1. The van der Waals surface area contributed by atoms with E-state index in [9.17, 15) is 19.5 Å². The molecule has 0 aromatic carbocycles. The first-order valence-corrected chi connectivity index (χ1v) is 12.7. The molecule has 0 unspecified atom stereocenters. The van der Waals surface area contributed by atoms with Crippen molar-refractivity contribution in [2.45, 2.75) is 107 Å². The summed E-state index contributed by atoms with van der Waals surface area (Å²) in [5.74, 6) is -0.587. The zero-order chi connectivity index (χ0) is 25.5. The summed E-state index contributed by atoms with van der Waals surface area (Å²) in [5, 5.41) is 11.7. The summed E-state index contributed by atoms with van der Waals surface area (Å²) in [5.41, 5.74) is -0.722. The zero-order valence-corrected chi connectivity index (χ0v) is 22.3. The van der Waals surface area contributed by atoms with E-state index in [1.807, 2.05) is 0 Å². The molecule has 0 radical (unpaired) electrons. The third-order valence-corrected chi connectivity index (χ3v) is 6.44. The molecule has 1 rings (SSSR count). The van der Waals surface area contributed by atoms with Gasteiger partial charge in [-0.2, -0.15) is 0 Å². The number of carbonyl (C=O) groups excluding carboxylic acids is 3. The lowest BCUT2D eigenvalue weighted by Crippen LogP contribution is -2.42. The summed E-state index contributed by atoms with van der Waals surface area (Å²) in [6.07, 6.45) is 3.69. The Morgan fingerprint density at radius 2 is 1.36 bits per heavy atom. The van der Waals surface area contributed by atoms with Crippen LogP contribution in [0.2, 0.25) is 0 Å². The Balaban J connectivity index is 3.88. The number of Topliss-reactive ketones (excluding diaryl/α,β-unsaturated/α-hetero) is 2. The Labute approximate surface area is 201 Å². The summed E-state index contributed by atoms with van der Waals surface area (Å²) >= 11 is 0. The Kier molecular flexibility index (Phi) is 11.1. The van der Waals surface area contributed by atoms with Crippen molar-refractivity contribution in [3.8, 4) is 0 Å². The molecule has 0 amide bonds. The maximum absolute atomic E-state index is 14.2. The van der Waals surface area contributed by atoms with Crippen LogP contribution >= 0.6 is 0 Å². The molecule has 0 aromatic heterocycles. The van der Waals surface area contributed by atoms with Crippen LogP contribution in [0.25, 0.3) is 0 Å². The third kappa shape index (κ3) is 7.28. The molecule has 5 nitrogen and oxygen atoms in total. The SMILES string of the molecule is CCC(=O)OC1=C(CCC(C)C)C(=O)C(CCC(C)C)(CCC(C)C)C(O)=C1C(=O)C(C)C. The Bertz CT molecular complexity index is 768. The average Bonchev–Trinajstić information content (AvgIpc) is 2.72. The van der Waals surface area contributed by atoms with E-state index in [0.717, 1.165) is 19.3 Å². The van der Waals surface area contributed by atoms with Crippen molar-refractivity contribution < 1.29 is 24.2 Å². The molecule has 0 aliphatic heterocycles. The number of ether oxygens (including phenoxy) is 1. The molecule has 5 heteroatoms. The quantitative estimate of drug-likeness (QED) is 0.295. The van der Waals surface area contributed by atoms with E-state index in [4.69, 9.17) is 4.74 Å². The van der Waals surface area contributed by atoms with E-state index in [2.05, 4.69) is 41.5 Å². The van der Waals surface area contributed by atoms with Gasteiger partial charge < -0.3 is 9.84 Å². The third-order valence-electron chi connectivity index (χ3n) is 6.44. The summed E-state index contributed by atoms with van der Waals surface area (Å²) in [6, 6.07) is 0. The standard InChI is InChI=1S/C28H46O5/c1-10-22(29)33-25-21(12-11-17(2)3)26(31)28(15-13-18(4)5,16-14-19(6)7)27(32)23(25)24(30)20(8)9/h17-20,32H,10-16H2,1-9H3. The summed E-state index contributed by atoms with van der Waals surface area (Å²) in [7, 11) is 0. The molecule has 188 valence electrons. The second-order valence-electron chi connectivity index (χ2n) is 11.1. The Hall–Kier alpha value is -1.91. The van der Waals surface area contributed by atoms with Crippen LogP contribution in [0.5, 0.6) is 0 Å². The number of aliphatic hydroxyl groups is 1. The summed E-state index contributed by atoms with van der Waals surface area (Å²) < 4.78 is 5.64. The minimum atomic E-state index is -1.15. The van der Waals surface area contributed by atoms with Crippen LogP contribution in [0.1, 0.15) is 107 Å². The summed E-state index contributed by atoms with van der Waals surface area (Å²) in [6.45, 7) is 17.7. The van der Waals surface area contributed by atoms with Crippen LogP contribution in [0.3, 0.4) is 0 Å². The molecule has 0 heterocycles. The first kappa shape index (κ1) is 29.1. The first-order chi connectivity index (χ1) is 15.3. The van der Waals surface area contributed by atoms with Gasteiger partial charge in [-0.1, -0.05) is 62.3 Å². The minimum Gasteiger partial charge on any atom is -0.510 e. The van der Waals surface area contributed by atoms with Crippen LogP contribution in [-0.4, -0.2) is 22.6 Å². The maximum atomic E-state index is 14.2. The highest BCUT2D eigenvalue weighted by molar-refractivity contribution is 6.11. The second-order valence-corrected chi connectivity index (χ2v) is 11.1. The molecule has 0 atom stereocenters. The van der Waals surface area contributed by atoms with Gasteiger partial charge >= 0.3 is 5.97 Å². The number of hydrogen-bond donors (Lipinski definition) is 1. The highest BCUT2D eigenvalue weighted by atomic mass is 16.5. The van der Waals surface area contributed by atoms with Gasteiger partial charge in [-0.05, 0) is 56.3 Å². The monoisotopic (exact) mass is 462 g/mol. The molecular formula is C28H46O5. The molecule has 1 aliphatic carbocycles. The van der Waals surface area contributed by atoms with Gasteiger partial charge in [-0.3, -0.25) is 14.4 Å². The highest BCUT2D eigenvalue weighted by Gasteiger charge is 2.51. The van der Waals surface area contributed by atoms with E-state index in [0.29, 0.717) is 42.6 Å². The molecule has 33 heavy (non-hydrogen) atoms. The minimum absolute atomic E-state index is 0.00609. The van der Waals surface area contributed by atoms with Crippen molar-refractivity contribution in [3.63, 3.8) is 0 Å². The highest BCUT2D eigenvalue weighted by Crippen LogP contribution is 2.49. The van der Waals surface area contributed by atoms with E-state index in [1.165, 1.54) is 0 Å². The topological polar surface area (TPSA) is 80.7 Å². The predicted molar refractivity (Wildman–Crippen MR) is 133 cm³/mol. The largest absolute Gasteiger partial charge is 0.510 e. The molecule has 0 spiro atoms. The molecule has 1 N–H and O–H groups in total. The van der Waals surface area contributed by atoms with Crippen LogP contribution in [0.15, 0.2) is 22.7 Å². The normalized spacial score (nSPS) is 16.6. The van der Waals surface area contributed by atoms with E-state index >= 15 is 0 Å². The van der Waals surface area contributed by atoms with Crippen LogP contribution < -0.4 is 0 Å². The number of ketones is 2. The number of aliphatic hydroxyl groups excluding tert-OH is 1. The molecule has 0 saturated carbocycles. The van der Waals surface area contributed by atoms with E-state index in [1.54, 1.807) is 20.8 Å². The number of rotatable bonds is 13. The van der Waals surface area contributed by atoms with Crippen molar-refractivity contribution >= 4 is 17.5 Å². The van der Waals surface area contributed by atoms with Gasteiger partial charge in [0.15, 0.2) is 17.3 Å². The first-order valence-electron chi connectivity index (χ1n) is 12.7. The molecule has 1 aliphatic rings. The number of allylic oxidation sites excluding steroid dienone is 3. The van der Waals surface area contributed by atoms with Crippen molar-refractivity contribution in [2.24, 2.45) is 29.1 Å². The predicted octanol–water partition coefficient (Wildman–Crippen LogP) is 7.11. The van der Waals surface area contributed by atoms with Crippen LogP contribution in [-0.2, 0) is 19.1 Å². The number of hydrogen-bond acceptors (Lipinski definition) is 5. The van der Waals surface area contributed by atoms with Crippen LogP contribution in [0, 0.1) is 29.1 Å². The Morgan fingerprint density at radius 1 is 0.879 bits per heavy atom. The molecular weight excluding hydrogens is 416 g/mol. The van der Waals surface area contributed by atoms with Gasteiger partial charge in [0.1, 0.15) is 5.76 Å². The van der Waals surface area contributed by atoms with Gasteiger partial charge in [0.2, 0.25) is 0 Å². The molecule has 0 fully saturated rings. The fourth-order valence-electron chi connectivity index (χ4n) is 4.13. The molecule has 0 bridgehead atoms. The lowest BCUT2D eigenvalue weighted by atomic mass is 9.64. The van der Waals surface area contributed by atoms with Crippen LogP contribution in [0.4, 0.5) is 0 Å². The van der Waals surface area contributed by atoms with Crippen molar-refractivity contribution in [3.05, 3.63) is 22.7 Å². The van der Waals surface area contributed by atoms with E-state index in [-0.39, 0.29) is 35.1 Å². The lowest BCUT2D eigenvalue weighted by Gasteiger charge is -2.39. The smallest absolute Gasteiger partial charge is 0.310 e. The van der Waals surface area contributed by atoms with Gasteiger partial charge in [-0.15, -0.1) is 0 Å². The van der Waals surface area contributed by atoms with E-state index < -0.39 is 17.3 Å². The van der Waals surface area contributed by atoms with Gasteiger partial charge in [-0.25, -0.2) is 0 Å². The van der Waals surface area contributed by atoms with Gasteiger partial charge in [0.05, 0.1) is 11.0 Å². The molecule has 0 aromatic rings. The van der Waals surface area contributed by atoms with Crippen molar-refractivity contribution in [1.29, 1.82) is 0 Å². The average molecular weight is 463 g/mol. The van der Waals surface area contributed by atoms with Gasteiger partial charge in [0.25, 0.3) is 0 Å². The molecule has 0 saturated heterocycles. The summed E-state index contributed by atoms with van der Waals surface area (Å²) in [4.78, 5) is 39.9. The maximum Gasteiger partial charge on any atom is 0.310 e. The van der Waals surface area contributed by atoms with Crippen molar-refractivity contribution in [2.75, 3.05) is 0 Å². The van der Waals surface area contributed by atoms with Crippen molar-refractivity contribution in [1.82, 2.24) is 0 Å². The lowest BCUT2D eigenvalue weighted by molar-refractivity contribution is -0.139. The Morgan fingerprint density at radius 3 is 1.76 bits per heavy atom. The number of carbonyl (C=O) groups is 3. The zero-order valence-electron chi connectivity index (χ0n) is 22.3. The fraction of sp³-hybridized carbons (Fsp3) is 0.750. The van der Waals surface area contributed by atoms with Gasteiger partial charge in [0, 0.05) is 17.9 Å².